The SMILES string of the molecule is CC(F)(F)c1ncc(C(=O)N2CC[C]3C4=C(CCCC[C@@H]42)N=[N+]3c2ccc(C3CC3)cc2)cc1C1=CN1. The van der Waals surface area contributed by atoms with Gasteiger partial charge in [-0.05, 0) is 54.8 Å². The summed E-state index contributed by atoms with van der Waals surface area (Å²) in [6.45, 7) is 1.39. The van der Waals surface area contributed by atoms with Crippen molar-refractivity contribution in [3.8, 4) is 0 Å². The number of nitrogens with one attached hydrogen (secondary N) is 1. The number of azo groups is 2. The Hall–Kier alpha value is -3.42. The second-order valence-corrected chi connectivity index (χ2v) is 10.8. The molecule has 6 nitrogen and oxygen atoms in total. The van der Waals surface area contributed by atoms with Gasteiger partial charge in [0.1, 0.15) is 11.4 Å². The zero-order valence-electron chi connectivity index (χ0n) is 20.8. The van der Waals surface area contributed by atoms with E-state index in [4.69, 9.17) is 5.11 Å². The molecule has 8 heteroatoms. The van der Waals surface area contributed by atoms with Crippen LogP contribution in [0.2, 0.25) is 0 Å². The molecule has 7 rings (SSSR count). The number of hydrogen-bond acceptors (Lipinski definition) is 4. The van der Waals surface area contributed by atoms with Crippen molar-refractivity contribution in [3.63, 3.8) is 0 Å². The number of carbonyl (C=O) groups is 1. The smallest absolute Gasteiger partial charge is 0.291 e. The Kier molecular flexibility index (Phi) is 5.10. The van der Waals surface area contributed by atoms with Gasteiger partial charge in [-0.1, -0.05) is 23.3 Å². The van der Waals surface area contributed by atoms with E-state index in [9.17, 15) is 13.6 Å². The number of allylic oxidation sites excluding steroid dienone is 1. The first-order valence-corrected chi connectivity index (χ1v) is 13.3. The Bertz CT molecular complexity index is 1380. The van der Waals surface area contributed by atoms with Crippen molar-refractivity contribution in [2.45, 2.75) is 69.8 Å². The Morgan fingerprint density at radius 1 is 1.14 bits per heavy atom. The summed E-state index contributed by atoms with van der Waals surface area (Å²) in [4.78, 5) is 19.8. The number of alkyl halides is 2. The van der Waals surface area contributed by atoms with Crippen LogP contribution in [0.1, 0.15) is 85.0 Å². The van der Waals surface area contributed by atoms with Crippen LogP contribution in [0.15, 0.2) is 59.1 Å². The number of rotatable bonds is 5. The Morgan fingerprint density at radius 2 is 1.92 bits per heavy atom. The van der Waals surface area contributed by atoms with Crippen LogP contribution in [0, 0.1) is 6.04 Å². The molecule has 1 aromatic carbocycles. The molecule has 2 fully saturated rings. The maximum atomic E-state index is 14.2. The highest BCUT2D eigenvalue weighted by atomic mass is 19.3. The van der Waals surface area contributed by atoms with Crippen molar-refractivity contribution in [2.75, 3.05) is 6.54 Å². The van der Waals surface area contributed by atoms with Crippen molar-refractivity contribution in [1.82, 2.24) is 15.2 Å². The first-order chi connectivity index (χ1) is 17.9. The fourth-order valence-corrected chi connectivity index (χ4v) is 6.05. The molecule has 1 aromatic heterocycles. The molecule has 2 aliphatic carbocycles. The zero-order valence-corrected chi connectivity index (χ0v) is 20.8. The Labute approximate surface area is 214 Å². The van der Waals surface area contributed by atoms with E-state index in [1.807, 2.05) is 4.90 Å². The lowest BCUT2D eigenvalue weighted by atomic mass is 9.87. The van der Waals surface area contributed by atoms with Crippen LogP contribution >= 0.6 is 0 Å². The topological polar surface area (TPSA) is 70.5 Å². The van der Waals surface area contributed by atoms with E-state index in [2.05, 4.69) is 39.3 Å². The van der Waals surface area contributed by atoms with Gasteiger partial charge in [0, 0.05) is 50.0 Å². The molecule has 1 saturated carbocycles. The number of amides is 1. The second kappa shape index (κ2) is 8.30. The minimum atomic E-state index is -3.09. The van der Waals surface area contributed by atoms with E-state index in [1.165, 1.54) is 36.2 Å². The molecule has 1 amide bonds. The molecule has 3 aliphatic heterocycles. The molecule has 0 bridgehead atoms. The molecule has 1 atom stereocenters. The number of pyridine rings is 1. The van der Waals surface area contributed by atoms with Gasteiger partial charge < -0.3 is 10.2 Å². The third-order valence-electron chi connectivity index (χ3n) is 8.11. The fraction of sp³-hybridized carbons (Fsp3) is 0.414. The molecule has 2 aromatic rings. The standard InChI is InChI=1S/C29H29F2N5O/c1-29(30,31)27-21(23-16-32-23)14-19(15-33-27)28(37)35-13-12-25-26-22(4-2-3-5-24(26)35)34-36(25)20-10-8-18(9-11-20)17-6-7-17/h8-11,14-17,24,32H,2-7,12-13H2,1H3/q+1/t24-/m0/s1. The maximum Gasteiger partial charge on any atom is 0.291 e. The van der Waals surface area contributed by atoms with Crippen LogP contribution in [0.25, 0.3) is 5.70 Å². The van der Waals surface area contributed by atoms with Crippen LogP contribution in [0.4, 0.5) is 14.5 Å². The highest BCUT2D eigenvalue weighted by Gasteiger charge is 2.50. The summed E-state index contributed by atoms with van der Waals surface area (Å²) in [6, 6.07) is 11.5. The number of benzene rings is 1. The highest BCUT2D eigenvalue weighted by molar-refractivity contribution is 5.96. The largest absolute Gasteiger partial charge is 0.358 e. The number of hydrogen-bond donors (Lipinski definition) is 1. The normalized spacial score (nSPS) is 23.2. The lowest BCUT2D eigenvalue weighted by molar-refractivity contribution is -0.487. The van der Waals surface area contributed by atoms with Crippen LogP contribution < -0.4 is 5.32 Å². The van der Waals surface area contributed by atoms with Gasteiger partial charge in [0.15, 0.2) is 0 Å². The van der Waals surface area contributed by atoms with E-state index in [0.29, 0.717) is 35.7 Å². The van der Waals surface area contributed by atoms with E-state index >= 15 is 0 Å². The van der Waals surface area contributed by atoms with Crippen LogP contribution in [0.3, 0.4) is 0 Å². The summed E-state index contributed by atoms with van der Waals surface area (Å²) >= 11 is 0. The molecule has 0 spiro atoms. The van der Waals surface area contributed by atoms with E-state index in [1.54, 1.807) is 12.3 Å². The summed E-state index contributed by atoms with van der Waals surface area (Å²) in [5, 5.41) is 7.93. The van der Waals surface area contributed by atoms with Gasteiger partial charge in [-0.25, -0.2) is 0 Å². The fourth-order valence-electron chi connectivity index (χ4n) is 6.05. The number of likely N-dealkylation sites (tertiary alicyclic amines) is 1. The van der Waals surface area contributed by atoms with Gasteiger partial charge in [0.2, 0.25) is 5.69 Å². The van der Waals surface area contributed by atoms with Gasteiger partial charge in [0.05, 0.1) is 22.9 Å². The van der Waals surface area contributed by atoms with E-state index in [-0.39, 0.29) is 17.6 Å². The van der Waals surface area contributed by atoms with Crippen LogP contribution in [-0.2, 0) is 5.92 Å². The quantitative estimate of drug-likeness (QED) is 0.485. The van der Waals surface area contributed by atoms with Gasteiger partial charge in [-0.3, -0.25) is 9.78 Å². The summed E-state index contributed by atoms with van der Waals surface area (Å²) < 4.78 is 30.4. The van der Waals surface area contributed by atoms with Crippen molar-refractivity contribution in [3.05, 3.63) is 82.4 Å². The summed E-state index contributed by atoms with van der Waals surface area (Å²) in [7, 11) is 0. The average molecular weight is 502 g/mol. The highest BCUT2D eigenvalue weighted by Crippen LogP contribution is 2.47. The monoisotopic (exact) mass is 501 g/mol. The van der Waals surface area contributed by atoms with Gasteiger partial charge in [-0.15, -0.1) is 0 Å². The number of halogens is 2. The van der Waals surface area contributed by atoms with Crippen molar-refractivity contribution in [2.24, 2.45) is 5.11 Å². The number of aromatic nitrogens is 1. The third kappa shape index (κ3) is 3.97. The molecule has 1 N–H and O–H groups in total. The van der Waals surface area contributed by atoms with Gasteiger partial charge in [0.25, 0.3) is 17.9 Å². The number of nitrogens with zero attached hydrogens (tertiary/aromatic N) is 4. The van der Waals surface area contributed by atoms with Gasteiger partial charge in [-0.2, -0.15) is 8.78 Å². The predicted octanol–water partition coefficient (Wildman–Crippen LogP) is 6.36. The summed E-state index contributed by atoms with van der Waals surface area (Å²) in [5.41, 5.74) is 5.64. The number of piperidine rings is 1. The minimum Gasteiger partial charge on any atom is -0.358 e. The summed E-state index contributed by atoms with van der Waals surface area (Å²) in [5.74, 6) is -2.54. The van der Waals surface area contributed by atoms with E-state index < -0.39 is 5.92 Å². The zero-order chi connectivity index (χ0) is 25.3. The van der Waals surface area contributed by atoms with Gasteiger partial charge >= 0.3 is 0 Å². The minimum absolute atomic E-state index is 0.0674. The van der Waals surface area contributed by atoms with E-state index in [0.717, 1.165) is 44.0 Å². The molecule has 0 unspecified atom stereocenters. The molecule has 37 heavy (non-hydrogen) atoms. The van der Waals surface area contributed by atoms with Crippen molar-refractivity contribution >= 4 is 17.3 Å². The first-order valence-electron chi connectivity index (χ1n) is 13.3. The molecular formula is C29H29F2N5O+. The number of carbonyl (C=O) groups excluding carboxylic acids is 1. The molecule has 4 heterocycles. The van der Waals surface area contributed by atoms with Crippen LogP contribution in [-0.4, -0.2) is 33.1 Å². The van der Waals surface area contributed by atoms with Crippen molar-refractivity contribution in [1.29, 1.82) is 0 Å². The first kappa shape index (κ1) is 22.8. The maximum absolute atomic E-state index is 14.2. The van der Waals surface area contributed by atoms with Crippen LogP contribution in [0.5, 0.6) is 0 Å². The molecule has 1 radical (unpaired) electrons. The molecule has 5 aliphatic rings. The summed E-state index contributed by atoms with van der Waals surface area (Å²) in [6.07, 6.45) is 10.0. The Morgan fingerprint density at radius 3 is 2.62 bits per heavy atom. The molecular weight excluding hydrogens is 472 g/mol. The lowest BCUT2D eigenvalue weighted by Crippen LogP contribution is -2.48. The molecule has 189 valence electrons. The lowest BCUT2D eigenvalue weighted by Gasteiger charge is -2.37. The second-order valence-electron chi connectivity index (χ2n) is 10.8. The molecule has 1 saturated heterocycles. The third-order valence-corrected chi connectivity index (χ3v) is 8.11. The Balaban J connectivity index is 1.18. The average Bonchev–Trinajstić information content (AvgIpc) is 3.80. The van der Waals surface area contributed by atoms with Crippen molar-refractivity contribution < 1.29 is 18.3 Å². The predicted molar refractivity (Wildman–Crippen MR) is 134 cm³/mol.